The monoisotopic (exact) mass is 477 g/mol. The van der Waals surface area contributed by atoms with Crippen LogP contribution in [-0.4, -0.2) is 70.4 Å². The van der Waals surface area contributed by atoms with Gasteiger partial charge in [-0.05, 0) is 18.1 Å². The second-order valence-corrected chi connectivity index (χ2v) is 9.82. The number of hydrogen-bond donors (Lipinski definition) is 2. The molecule has 1 aliphatic rings. The molecule has 0 bridgehead atoms. The Bertz CT molecular complexity index is 1150. The number of nitrogens with zero attached hydrogens (tertiary/aromatic N) is 1. The van der Waals surface area contributed by atoms with Crippen molar-refractivity contribution in [2.75, 3.05) is 52.4 Å². The number of nitrogens with one attached hydrogen (secondary N) is 1. The first kappa shape index (κ1) is 26.5. The molecule has 0 amide bonds. The molecule has 10 heteroatoms. The van der Waals surface area contributed by atoms with Crippen LogP contribution in [0.25, 0.3) is 0 Å². The molecular weight excluding hydrogens is 446 g/mol. The molecule has 0 saturated heterocycles. The van der Waals surface area contributed by atoms with Crippen LogP contribution >= 0.6 is 0 Å². The number of carbonyl (C=O) groups excluding carboxylic acids is 2. The number of benzene rings is 2. The lowest BCUT2D eigenvalue weighted by atomic mass is 9.81. The maximum Gasteiger partial charge on any atom is 0.217 e. The summed E-state index contributed by atoms with van der Waals surface area (Å²) >= 11 is 0. The van der Waals surface area contributed by atoms with Crippen molar-refractivity contribution in [2.45, 2.75) is 19.8 Å². The number of nitrogens with two attached hydrogens (primary N) is 1. The molecule has 2 aromatic rings. The molecular formula is C23H31N3O6S. The van der Waals surface area contributed by atoms with Crippen LogP contribution < -0.4 is 11.1 Å². The van der Waals surface area contributed by atoms with E-state index in [1.807, 2.05) is 13.0 Å². The lowest BCUT2D eigenvalue weighted by Crippen LogP contribution is -2.36. The summed E-state index contributed by atoms with van der Waals surface area (Å²) in [7, 11) is 2.85. The number of aryl methyl sites for hydroxylation is 1. The predicted octanol–water partition coefficient (Wildman–Crippen LogP) is 2.21. The summed E-state index contributed by atoms with van der Waals surface area (Å²) in [6.45, 7) is 3.75. The van der Waals surface area contributed by atoms with E-state index in [0.29, 0.717) is 40.0 Å². The van der Waals surface area contributed by atoms with E-state index in [9.17, 15) is 22.6 Å². The zero-order valence-corrected chi connectivity index (χ0v) is 20.4. The molecule has 0 fully saturated rings. The van der Waals surface area contributed by atoms with Gasteiger partial charge in [0.15, 0.2) is 11.6 Å². The van der Waals surface area contributed by atoms with Crippen LogP contribution in [-0.2, 0) is 21.0 Å². The Hall–Kier alpha value is -2.79. The fraction of sp³-hybridized carbons (Fsp3) is 0.391. The van der Waals surface area contributed by atoms with Crippen molar-refractivity contribution in [3.05, 3.63) is 58.1 Å². The maximum absolute atomic E-state index is 13.2. The van der Waals surface area contributed by atoms with Crippen molar-refractivity contribution in [1.29, 1.82) is 0 Å². The van der Waals surface area contributed by atoms with Gasteiger partial charge in [0.1, 0.15) is 0 Å². The Balaban J connectivity index is 0.000000569. The molecule has 180 valence electrons. The smallest absolute Gasteiger partial charge is 0.217 e. The van der Waals surface area contributed by atoms with Crippen molar-refractivity contribution in [3.8, 4) is 0 Å². The lowest BCUT2D eigenvalue weighted by Gasteiger charge is -2.25. The fourth-order valence-electron chi connectivity index (χ4n) is 3.58. The molecule has 0 spiro atoms. The van der Waals surface area contributed by atoms with Gasteiger partial charge in [-0.2, -0.15) is 0 Å². The summed E-state index contributed by atoms with van der Waals surface area (Å²) in [5.41, 5.74) is 9.99. The number of fused-ring (bicyclic) bond motifs is 2. The van der Waals surface area contributed by atoms with E-state index in [4.69, 9.17) is 5.73 Å². The fourth-order valence-corrected chi connectivity index (χ4v) is 3.58. The van der Waals surface area contributed by atoms with Crippen molar-refractivity contribution < 1.29 is 31.2 Å². The molecule has 0 heterocycles. The Labute approximate surface area is 195 Å². The van der Waals surface area contributed by atoms with Crippen LogP contribution in [0.3, 0.4) is 0 Å². The molecule has 0 aliphatic heterocycles. The zero-order valence-electron chi connectivity index (χ0n) is 19.6. The van der Waals surface area contributed by atoms with Crippen molar-refractivity contribution >= 4 is 33.3 Å². The number of carbonyl (C=O) groups is 2. The second kappa shape index (κ2) is 10.4. The second-order valence-electron chi connectivity index (χ2n) is 8.67. The minimum Gasteiger partial charge on any atom is -0.726 e. The third kappa shape index (κ3) is 6.61. The van der Waals surface area contributed by atoms with Gasteiger partial charge < -0.3 is 20.1 Å². The van der Waals surface area contributed by atoms with Crippen LogP contribution in [0.2, 0.25) is 0 Å². The van der Waals surface area contributed by atoms with E-state index in [0.717, 1.165) is 36.7 Å². The van der Waals surface area contributed by atoms with Crippen molar-refractivity contribution in [1.82, 2.24) is 0 Å². The Morgan fingerprint density at radius 3 is 2.03 bits per heavy atom. The number of anilines is 2. The summed E-state index contributed by atoms with van der Waals surface area (Å²) in [5, 5.41) is 3.39. The summed E-state index contributed by atoms with van der Waals surface area (Å²) in [6, 6.07) is 8.90. The molecule has 0 unspecified atom stereocenters. The highest BCUT2D eigenvalue weighted by Gasteiger charge is 2.34. The van der Waals surface area contributed by atoms with Crippen LogP contribution in [0.4, 0.5) is 11.4 Å². The molecule has 0 radical (unpaired) electrons. The van der Waals surface area contributed by atoms with Gasteiger partial charge in [0.25, 0.3) is 0 Å². The van der Waals surface area contributed by atoms with E-state index in [1.54, 1.807) is 24.3 Å². The van der Waals surface area contributed by atoms with Gasteiger partial charge in [-0.1, -0.05) is 31.2 Å². The first-order chi connectivity index (χ1) is 15.3. The highest BCUT2D eigenvalue weighted by atomic mass is 32.3. The van der Waals surface area contributed by atoms with Crippen LogP contribution in [0.15, 0.2) is 30.3 Å². The molecule has 1 aliphatic carbocycles. The molecule has 3 N–H and O–H groups in total. The standard InChI is InChI=1S/C22H27N3O2.CH4O4S/c1-5-14-13-17(24-11-8-12-25(2,3)4)18-19(20(14)23)22(27)16-10-7-6-9-15(16)21(18)26;1-5-6(2,3)4/h6-7,9-10,13H,5,8,11-12H2,1-4H3,(H2-,23,24,26,27);1H3,(H,2,3,4). The van der Waals surface area contributed by atoms with E-state index < -0.39 is 10.4 Å². The highest BCUT2D eigenvalue weighted by Crippen LogP contribution is 2.37. The number of ketones is 2. The van der Waals surface area contributed by atoms with E-state index in [1.165, 1.54) is 0 Å². The summed E-state index contributed by atoms with van der Waals surface area (Å²) in [6.07, 6.45) is 1.67. The number of quaternary nitrogens is 1. The summed E-state index contributed by atoms with van der Waals surface area (Å²) in [5.74, 6) is -0.300. The van der Waals surface area contributed by atoms with Gasteiger partial charge in [-0.3, -0.25) is 13.8 Å². The number of rotatable bonds is 7. The van der Waals surface area contributed by atoms with Crippen LogP contribution in [0, 0.1) is 0 Å². The molecule has 33 heavy (non-hydrogen) atoms. The Morgan fingerprint density at radius 2 is 1.58 bits per heavy atom. The van der Waals surface area contributed by atoms with Crippen molar-refractivity contribution in [3.63, 3.8) is 0 Å². The van der Waals surface area contributed by atoms with Gasteiger partial charge in [-0.15, -0.1) is 0 Å². The number of nitrogen functional groups attached to an aromatic ring is 1. The first-order valence-electron chi connectivity index (χ1n) is 10.5. The average Bonchev–Trinajstić information content (AvgIpc) is 2.74. The first-order valence-corrected chi connectivity index (χ1v) is 11.8. The van der Waals surface area contributed by atoms with Crippen LogP contribution in [0.1, 0.15) is 50.8 Å². The van der Waals surface area contributed by atoms with Gasteiger partial charge in [-0.25, -0.2) is 8.42 Å². The zero-order chi connectivity index (χ0) is 25.0. The van der Waals surface area contributed by atoms with E-state index >= 15 is 0 Å². The third-order valence-corrected chi connectivity index (χ3v) is 5.64. The summed E-state index contributed by atoms with van der Waals surface area (Å²) < 4.78 is 31.9. The molecule has 0 saturated carbocycles. The maximum atomic E-state index is 13.2. The molecule has 0 aromatic heterocycles. The average molecular weight is 478 g/mol. The van der Waals surface area contributed by atoms with Gasteiger partial charge >= 0.3 is 0 Å². The lowest BCUT2D eigenvalue weighted by molar-refractivity contribution is -0.870. The normalized spacial score (nSPS) is 13.0. The van der Waals surface area contributed by atoms with Gasteiger partial charge in [0.2, 0.25) is 10.4 Å². The molecule has 0 atom stereocenters. The van der Waals surface area contributed by atoms with Crippen molar-refractivity contribution in [2.24, 2.45) is 0 Å². The quantitative estimate of drug-likeness (QED) is 0.174. The van der Waals surface area contributed by atoms with Crippen LogP contribution in [0.5, 0.6) is 0 Å². The third-order valence-electron chi connectivity index (χ3n) is 5.23. The minimum atomic E-state index is -4.41. The number of hydrogen-bond acceptors (Lipinski definition) is 8. The predicted molar refractivity (Wildman–Crippen MR) is 126 cm³/mol. The Kier molecular flexibility index (Phi) is 8.36. The summed E-state index contributed by atoms with van der Waals surface area (Å²) in [4.78, 5) is 26.3. The van der Waals surface area contributed by atoms with E-state index in [-0.39, 0.29) is 11.6 Å². The topological polar surface area (TPSA) is 139 Å². The minimum absolute atomic E-state index is 0.136. The highest BCUT2D eigenvalue weighted by molar-refractivity contribution is 7.80. The largest absolute Gasteiger partial charge is 0.726 e. The van der Waals surface area contributed by atoms with E-state index in [2.05, 4.69) is 30.6 Å². The molecule has 9 nitrogen and oxygen atoms in total. The molecule has 2 aromatic carbocycles. The van der Waals surface area contributed by atoms with Gasteiger partial charge in [0.05, 0.1) is 45.9 Å². The van der Waals surface area contributed by atoms with Gasteiger partial charge in [0, 0.05) is 35.5 Å². The Morgan fingerprint density at radius 1 is 1.06 bits per heavy atom. The molecule has 3 rings (SSSR count). The SMILES string of the molecule is CCc1cc(NCCC[N+](C)(C)C)c2c(c1N)C(=O)c1ccccc1C2=O.COS(=O)(=O)[O-].